The van der Waals surface area contributed by atoms with Crippen molar-refractivity contribution < 1.29 is 14.3 Å². The van der Waals surface area contributed by atoms with Crippen molar-refractivity contribution in [3.05, 3.63) is 0 Å². The number of fused-ring (bicyclic) bond motifs is 1. The number of hydrogen-bond acceptors (Lipinski definition) is 4. The van der Waals surface area contributed by atoms with Gasteiger partial charge >= 0.3 is 5.97 Å². The fraction of sp³-hybridized carbons (Fsp3) is 0.955. The first-order chi connectivity index (χ1) is 12.7. The van der Waals surface area contributed by atoms with Crippen LogP contribution in [0.1, 0.15) is 83.5 Å². The molecule has 2 saturated heterocycles. The molecule has 4 fully saturated rings. The average Bonchev–Trinajstić information content (AvgIpc) is 2.67. The molecule has 4 rings (SSSR count). The molecule has 2 saturated carbocycles. The van der Waals surface area contributed by atoms with Gasteiger partial charge in [-0.15, -0.1) is 0 Å². The lowest BCUT2D eigenvalue weighted by Gasteiger charge is -2.62. The summed E-state index contributed by atoms with van der Waals surface area (Å²) in [6.07, 6.45) is 15.8. The lowest BCUT2D eigenvalue weighted by atomic mass is 9.65. The molecular weight excluding hydrogens is 326 g/mol. The van der Waals surface area contributed by atoms with E-state index in [2.05, 4.69) is 4.90 Å². The molecule has 148 valence electrons. The maximum absolute atomic E-state index is 12.9. The number of ether oxygens (including phenoxy) is 2. The van der Waals surface area contributed by atoms with Crippen LogP contribution in [0.25, 0.3) is 0 Å². The number of nitrogens with zero attached hydrogens (tertiary/aromatic N) is 1. The van der Waals surface area contributed by atoms with Crippen LogP contribution in [0.2, 0.25) is 0 Å². The summed E-state index contributed by atoms with van der Waals surface area (Å²) in [5.41, 5.74) is -0.151. The normalized spacial score (nSPS) is 39.0. The lowest BCUT2D eigenvalue weighted by molar-refractivity contribution is -0.229. The van der Waals surface area contributed by atoms with E-state index in [1.54, 1.807) is 7.11 Å². The van der Waals surface area contributed by atoms with Crippen molar-refractivity contribution in [2.24, 2.45) is 11.8 Å². The third-order valence-corrected chi connectivity index (χ3v) is 7.81. The molecule has 2 heterocycles. The highest BCUT2D eigenvalue weighted by Crippen LogP contribution is 2.49. The molecule has 2 aliphatic carbocycles. The van der Waals surface area contributed by atoms with Gasteiger partial charge in [0.15, 0.2) is 0 Å². The van der Waals surface area contributed by atoms with E-state index < -0.39 is 0 Å². The summed E-state index contributed by atoms with van der Waals surface area (Å²) in [5.74, 6) is 1.19. The molecule has 0 spiro atoms. The summed E-state index contributed by atoms with van der Waals surface area (Å²) in [7, 11) is 1.81. The second-order valence-corrected chi connectivity index (χ2v) is 9.33. The number of hydrogen-bond donors (Lipinski definition) is 0. The quantitative estimate of drug-likeness (QED) is 0.682. The number of rotatable bonds is 5. The van der Waals surface area contributed by atoms with Crippen LogP contribution in [0.4, 0.5) is 0 Å². The van der Waals surface area contributed by atoms with E-state index in [-0.39, 0.29) is 11.6 Å². The van der Waals surface area contributed by atoms with E-state index in [0.29, 0.717) is 30.4 Å². The minimum absolute atomic E-state index is 0.0849. The maximum atomic E-state index is 12.9. The molecule has 4 heteroatoms. The molecule has 2 aliphatic heterocycles. The zero-order valence-corrected chi connectivity index (χ0v) is 16.6. The SMILES string of the molecule is COC1CCC(CC(=O)O[C@@]2(C3CCCCC3)CN3CCCC[C@H]32)CC1. The van der Waals surface area contributed by atoms with E-state index in [4.69, 9.17) is 9.47 Å². The summed E-state index contributed by atoms with van der Waals surface area (Å²) in [5, 5.41) is 0. The van der Waals surface area contributed by atoms with Crippen molar-refractivity contribution in [2.45, 2.75) is 101 Å². The Hall–Kier alpha value is -0.610. The van der Waals surface area contributed by atoms with Gasteiger partial charge in [-0.05, 0) is 63.8 Å². The van der Waals surface area contributed by atoms with Crippen molar-refractivity contribution in [1.29, 1.82) is 0 Å². The molecule has 2 atom stereocenters. The van der Waals surface area contributed by atoms with Crippen molar-refractivity contribution in [3.8, 4) is 0 Å². The molecule has 0 bridgehead atoms. The number of esters is 1. The maximum Gasteiger partial charge on any atom is 0.306 e. The van der Waals surface area contributed by atoms with Crippen LogP contribution >= 0.6 is 0 Å². The summed E-state index contributed by atoms with van der Waals surface area (Å²) in [4.78, 5) is 15.5. The Kier molecular flexibility index (Phi) is 5.90. The minimum Gasteiger partial charge on any atom is -0.456 e. The van der Waals surface area contributed by atoms with Crippen molar-refractivity contribution in [3.63, 3.8) is 0 Å². The highest BCUT2D eigenvalue weighted by Gasteiger charge is 2.59. The van der Waals surface area contributed by atoms with Gasteiger partial charge in [0.1, 0.15) is 5.60 Å². The Labute approximate surface area is 159 Å². The Morgan fingerprint density at radius 1 is 0.962 bits per heavy atom. The summed E-state index contributed by atoms with van der Waals surface area (Å²) < 4.78 is 11.9. The topological polar surface area (TPSA) is 38.8 Å². The van der Waals surface area contributed by atoms with E-state index >= 15 is 0 Å². The monoisotopic (exact) mass is 363 g/mol. The number of carbonyl (C=O) groups is 1. The fourth-order valence-electron chi connectivity index (χ4n) is 6.28. The lowest BCUT2D eigenvalue weighted by Crippen LogP contribution is -2.75. The van der Waals surface area contributed by atoms with Gasteiger partial charge < -0.3 is 9.47 Å². The Bertz CT molecular complexity index is 472. The Balaban J connectivity index is 1.38. The molecule has 0 aromatic heterocycles. The predicted octanol–water partition coefficient (Wildman–Crippen LogP) is 4.31. The Morgan fingerprint density at radius 3 is 2.38 bits per heavy atom. The van der Waals surface area contributed by atoms with Gasteiger partial charge in [-0.25, -0.2) is 0 Å². The number of methoxy groups -OCH3 is 1. The van der Waals surface area contributed by atoms with Gasteiger partial charge in [0.25, 0.3) is 0 Å². The first kappa shape index (κ1) is 18.7. The molecule has 0 aromatic rings. The van der Waals surface area contributed by atoms with Gasteiger partial charge in [0.05, 0.1) is 12.1 Å². The smallest absolute Gasteiger partial charge is 0.306 e. The van der Waals surface area contributed by atoms with Crippen LogP contribution < -0.4 is 0 Å². The van der Waals surface area contributed by atoms with Gasteiger partial charge in [-0.3, -0.25) is 9.69 Å². The number of piperidine rings is 1. The van der Waals surface area contributed by atoms with Gasteiger partial charge in [0, 0.05) is 26.0 Å². The molecular formula is C22H37NO3. The van der Waals surface area contributed by atoms with Crippen LogP contribution in [0.3, 0.4) is 0 Å². The molecule has 0 unspecified atom stereocenters. The van der Waals surface area contributed by atoms with Crippen molar-refractivity contribution in [1.82, 2.24) is 4.90 Å². The summed E-state index contributed by atoms with van der Waals surface area (Å²) >= 11 is 0. The van der Waals surface area contributed by atoms with Crippen LogP contribution in [0, 0.1) is 11.8 Å². The van der Waals surface area contributed by atoms with Crippen LogP contribution in [0.15, 0.2) is 0 Å². The van der Waals surface area contributed by atoms with Crippen molar-refractivity contribution >= 4 is 5.97 Å². The fourth-order valence-corrected chi connectivity index (χ4v) is 6.28. The molecule has 4 nitrogen and oxygen atoms in total. The first-order valence-electron chi connectivity index (χ1n) is 11.2. The highest BCUT2D eigenvalue weighted by atomic mass is 16.6. The molecule has 0 amide bonds. The van der Waals surface area contributed by atoms with E-state index in [0.717, 1.165) is 32.2 Å². The van der Waals surface area contributed by atoms with E-state index in [9.17, 15) is 4.79 Å². The van der Waals surface area contributed by atoms with Crippen LogP contribution in [-0.4, -0.2) is 48.8 Å². The van der Waals surface area contributed by atoms with Crippen molar-refractivity contribution in [2.75, 3.05) is 20.2 Å². The standard InChI is InChI=1S/C22H37NO3/c1-25-19-12-10-17(11-13-19)15-21(24)26-22(18-7-3-2-4-8-18)16-23-14-6-5-9-20(22)23/h17-20H,2-16H2,1H3/t17?,19?,20-,22+/m0/s1. The third-order valence-electron chi connectivity index (χ3n) is 7.81. The first-order valence-corrected chi connectivity index (χ1v) is 11.2. The Morgan fingerprint density at radius 2 is 1.69 bits per heavy atom. The highest BCUT2D eigenvalue weighted by molar-refractivity contribution is 5.70. The average molecular weight is 364 g/mol. The molecule has 4 aliphatic rings. The van der Waals surface area contributed by atoms with Gasteiger partial charge in [-0.2, -0.15) is 0 Å². The molecule has 0 aromatic carbocycles. The zero-order valence-electron chi connectivity index (χ0n) is 16.6. The molecule has 26 heavy (non-hydrogen) atoms. The predicted molar refractivity (Wildman–Crippen MR) is 102 cm³/mol. The summed E-state index contributed by atoms with van der Waals surface area (Å²) in [6, 6.07) is 0.507. The third kappa shape index (κ3) is 3.69. The van der Waals surface area contributed by atoms with E-state index in [1.807, 2.05) is 0 Å². The number of carbonyl (C=O) groups excluding carboxylic acids is 1. The van der Waals surface area contributed by atoms with Crippen LogP contribution in [0.5, 0.6) is 0 Å². The minimum atomic E-state index is -0.151. The second-order valence-electron chi connectivity index (χ2n) is 9.33. The molecule has 0 N–H and O–H groups in total. The summed E-state index contributed by atoms with van der Waals surface area (Å²) in [6.45, 7) is 2.21. The molecule has 0 radical (unpaired) electrons. The van der Waals surface area contributed by atoms with Gasteiger partial charge in [-0.1, -0.05) is 25.7 Å². The second kappa shape index (κ2) is 8.18. The zero-order chi connectivity index (χ0) is 18.0. The van der Waals surface area contributed by atoms with E-state index in [1.165, 1.54) is 57.9 Å². The van der Waals surface area contributed by atoms with Gasteiger partial charge in [0.2, 0.25) is 0 Å². The largest absolute Gasteiger partial charge is 0.456 e. The van der Waals surface area contributed by atoms with Crippen LogP contribution in [-0.2, 0) is 14.3 Å².